The van der Waals surface area contributed by atoms with Crippen molar-refractivity contribution in [3.8, 4) is 0 Å². The molecule has 2 aliphatic rings. The van der Waals surface area contributed by atoms with Gasteiger partial charge in [-0.15, -0.1) is 0 Å². The number of ether oxygens (including phenoxy) is 1. The van der Waals surface area contributed by atoms with Crippen molar-refractivity contribution in [2.45, 2.75) is 0 Å². The average molecular weight is 142 g/mol. The first-order chi connectivity index (χ1) is 4.81. The van der Waals surface area contributed by atoms with Crippen molar-refractivity contribution >= 4 is 6.03 Å². The molecule has 2 heterocycles. The van der Waals surface area contributed by atoms with E-state index in [1.54, 1.807) is 0 Å². The summed E-state index contributed by atoms with van der Waals surface area (Å²) in [5.74, 6) is 0. The Morgan fingerprint density at radius 1 is 1.30 bits per heavy atom. The molecule has 0 unspecified atom stereocenters. The maximum absolute atomic E-state index is 10.6. The standard InChI is InChI=1S/C6H10N2O2/c9-5-7-1-6(2-8-5)3-10-4-6/h1-4H2,(H2,7,8,9). The quantitative estimate of drug-likeness (QED) is 0.470. The third-order valence-electron chi connectivity index (χ3n) is 2.06. The first kappa shape index (κ1) is 5.97. The van der Waals surface area contributed by atoms with E-state index < -0.39 is 0 Å². The van der Waals surface area contributed by atoms with Gasteiger partial charge in [0, 0.05) is 13.1 Å². The van der Waals surface area contributed by atoms with E-state index >= 15 is 0 Å². The summed E-state index contributed by atoms with van der Waals surface area (Å²) in [7, 11) is 0. The van der Waals surface area contributed by atoms with Gasteiger partial charge >= 0.3 is 6.03 Å². The predicted octanol–water partition coefficient (Wildman–Crippen LogP) is -0.684. The Kier molecular flexibility index (Phi) is 1.11. The summed E-state index contributed by atoms with van der Waals surface area (Å²) >= 11 is 0. The van der Waals surface area contributed by atoms with E-state index in [-0.39, 0.29) is 11.4 Å². The minimum absolute atomic E-state index is 0.0578. The summed E-state index contributed by atoms with van der Waals surface area (Å²) in [4.78, 5) is 10.6. The molecule has 4 nitrogen and oxygen atoms in total. The number of amides is 2. The van der Waals surface area contributed by atoms with E-state index in [0.29, 0.717) is 0 Å². The number of urea groups is 1. The molecular weight excluding hydrogens is 132 g/mol. The molecule has 2 saturated heterocycles. The molecule has 2 N–H and O–H groups in total. The molecule has 2 rings (SSSR count). The van der Waals surface area contributed by atoms with Gasteiger partial charge in [0.25, 0.3) is 0 Å². The molecule has 0 atom stereocenters. The lowest BCUT2D eigenvalue weighted by atomic mass is 9.85. The van der Waals surface area contributed by atoms with Crippen molar-refractivity contribution in [2.24, 2.45) is 5.41 Å². The highest BCUT2D eigenvalue weighted by atomic mass is 16.5. The van der Waals surface area contributed by atoms with Gasteiger partial charge in [-0.2, -0.15) is 0 Å². The number of carbonyl (C=O) groups excluding carboxylic acids is 1. The van der Waals surface area contributed by atoms with E-state index in [2.05, 4.69) is 10.6 Å². The van der Waals surface area contributed by atoms with Crippen molar-refractivity contribution in [3.63, 3.8) is 0 Å². The zero-order valence-electron chi connectivity index (χ0n) is 5.64. The van der Waals surface area contributed by atoms with Crippen LogP contribution in [0.2, 0.25) is 0 Å². The topological polar surface area (TPSA) is 50.4 Å². The largest absolute Gasteiger partial charge is 0.380 e. The van der Waals surface area contributed by atoms with Gasteiger partial charge in [0.15, 0.2) is 0 Å². The second kappa shape index (κ2) is 1.85. The fourth-order valence-electron chi connectivity index (χ4n) is 1.26. The highest BCUT2D eigenvalue weighted by molar-refractivity contribution is 5.74. The monoisotopic (exact) mass is 142 g/mol. The minimum Gasteiger partial charge on any atom is -0.380 e. The minimum atomic E-state index is -0.0578. The summed E-state index contributed by atoms with van der Waals surface area (Å²) in [5, 5.41) is 5.49. The second-order valence-electron chi connectivity index (χ2n) is 3.03. The van der Waals surface area contributed by atoms with Gasteiger partial charge in [-0.25, -0.2) is 4.79 Å². The number of hydrogen-bond acceptors (Lipinski definition) is 2. The number of nitrogens with one attached hydrogen (secondary N) is 2. The zero-order chi connectivity index (χ0) is 7.03. The van der Waals surface area contributed by atoms with Crippen molar-refractivity contribution in [3.05, 3.63) is 0 Å². The Bertz CT molecular complexity index is 153. The van der Waals surface area contributed by atoms with Crippen molar-refractivity contribution in [1.29, 1.82) is 0 Å². The zero-order valence-corrected chi connectivity index (χ0v) is 5.64. The molecule has 1 spiro atoms. The van der Waals surface area contributed by atoms with Crippen LogP contribution in [0.3, 0.4) is 0 Å². The Morgan fingerprint density at radius 3 is 2.30 bits per heavy atom. The van der Waals surface area contributed by atoms with Crippen LogP contribution in [-0.4, -0.2) is 32.3 Å². The van der Waals surface area contributed by atoms with Gasteiger partial charge in [0.05, 0.1) is 18.6 Å². The van der Waals surface area contributed by atoms with E-state index in [4.69, 9.17) is 4.74 Å². The Balaban J connectivity index is 1.96. The maximum atomic E-state index is 10.6. The van der Waals surface area contributed by atoms with Crippen LogP contribution in [0.15, 0.2) is 0 Å². The van der Waals surface area contributed by atoms with Gasteiger partial charge in [0.2, 0.25) is 0 Å². The molecule has 56 valence electrons. The lowest BCUT2D eigenvalue weighted by Gasteiger charge is -2.44. The number of hydrogen-bond donors (Lipinski definition) is 2. The van der Waals surface area contributed by atoms with Crippen molar-refractivity contribution < 1.29 is 9.53 Å². The van der Waals surface area contributed by atoms with Gasteiger partial charge in [-0.3, -0.25) is 0 Å². The molecular formula is C6H10N2O2. The van der Waals surface area contributed by atoms with Crippen LogP contribution in [-0.2, 0) is 4.74 Å². The van der Waals surface area contributed by atoms with Crippen LogP contribution in [0.5, 0.6) is 0 Å². The molecule has 0 aromatic heterocycles. The summed E-state index contributed by atoms with van der Waals surface area (Å²) < 4.78 is 5.06. The second-order valence-corrected chi connectivity index (χ2v) is 3.03. The summed E-state index contributed by atoms with van der Waals surface area (Å²) in [5.41, 5.74) is 0.216. The van der Waals surface area contributed by atoms with E-state index in [0.717, 1.165) is 26.3 Å². The fourth-order valence-corrected chi connectivity index (χ4v) is 1.26. The van der Waals surface area contributed by atoms with Crippen LogP contribution >= 0.6 is 0 Å². The van der Waals surface area contributed by atoms with Crippen LogP contribution < -0.4 is 10.6 Å². The highest BCUT2D eigenvalue weighted by Crippen LogP contribution is 2.26. The van der Waals surface area contributed by atoms with Gasteiger partial charge in [-0.05, 0) is 0 Å². The molecule has 0 radical (unpaired) electrons. The van der Waals surface area contributed by atoms with Crippen molar-refractivity contribution in [2.75, 3.05) is 26.3 Å². The molecule has 0 bridgehead atoms. The van der Waals surface area contributed by atoms with E-state index in [9.17, 15) is 4.79 Å². The first-order valence-corrected chi connectivity index (χ1v) is 3.40. The van der Waals surface area contributed by atoms with Crippen LogP contribution in [0.1, 0.15) is 0 Å². The predicted molar refractivity (Wildman–Crippen MR) is 34.7 cm³/mol. The Hall–Kier alpha value is -0.770. The Labute approximate surface area is 58.9 Å². The lowest BCUT2D eigenvalue weighted by Crippen LogP contribution is -2.62. The fraction of sp³-hybridized carbons (Fsp3) is 0.833. The average Bonchev–Trinajstić information content (AvgIpc) is 1.86. The first-order valence-electron chi connectivity index (χ1n) is 3.40. The molecule has 2 amide bonds. The third kappa shape index (κ3) is 0.759. The van der Waals surface area contributed by atoms with Crippen molar-refractivity contribution in [1.82, 2.24) is 10.6 Å². The van der Waals surface area contributed by atoms with Gasteiger partial charge in [0.1, 0.15) is 0 Å². The molecule has 0 aromatic carbocycles. The van der Waals surface area contributed by atoms with Crippen LogP contribution in [0.25, 0.3) is 0 Å². The molecule has 0 aromatic rings. The lowest BCUT2D eigenvalue weighted by molar-refractivity contribution is -0.110. The van der Waals surface area contributed by atoms with E-state index in [1.165, 1.54) is 0 Å². The normalized spacial score (nSPS) is 28.6. The maximum Gasteiger partial charge on any atom is 0.314 e. The van der Waals surface area contributed by atoms with Crippen LogP contribution in [0, 0.1) is 5.41 Å². The summed E-state index contributed by atoms with van der Waals surface area (Å²) in [6, 6.07) is -0.0578. The van der Waals surface area contributed by atoms with Crippen LogP contribution in [0.4, 0.5) is 4.79 Å². The molecule has 2 fully saturated rings. The molecule has 0 aliphatic carbocycles. The summed E-state index contributed by atoms with van der Waals surface area (Å²) in [6.07, 6.45) is 0. The smallest absolute Gasteiger partial charge is 0.314 e. The molecule has 0 saturated carbocycles. The number of carbonyl (C=O) groups is 1. The summed E-state index contributed by atoms with van der Waals surface area (Å²) in [6.45, 7) is 3.08. The highest BCUT2D eigenvalue weighted by Gasteiger charge is 2.41. The molecule has 2 aliphatic heterocycles. The third-order valence-corrected chi connectivity index (χ3v) is 2.06. The Morgan fingerprint density at radius 2 is 1.90 bits per heavy atom. The molecule has 10 heavy (non-hydrogen) atoms. The molecule has 4 heteroatoms. The van der Waals surface area contributed by atoms with Gasteiger partial charge in [-0.1, -0.05) is 0 Å². The van der Waals surface area contributed by atoms with Gasteiger partial charge < -0.3 is 15.4 Å². The number of rotatable bonds is 0. The SMILES string of the molecule is O=C1NCC2(CN1)COC2. The van der Waals surface area contributed by atoms with E-state index in [1.807, 2.05) is 0 Å².